The van der Waals surface area contributed by atoms with E-state index in [0.717, 1.165) is 5.69 Å². The van der Waals surface area contributed by atoms with E-state index in [2.05, 4.69) is 15.3 Å². The fourth-order valence-electron chi connectivity index (χ4n) is 1.34. The van der Waals surface area contributed by atoms with Crippen LogP contribution in [-0.4, -0.2) is 9.97 Å². The highest BCUT2D eigenvalue weighted by atomic mass is 35.5. The Morgan fingerprint density at radius 3 is 2.37 bits per heavy atom. The largest absolute Gasteiger partial charge is 0.324 e. The molecule has 1 heterocycles. The molecule has 0 amide bonds. The second kappa shape index (κ2) is 7.34. The highest BCUT2D eigenvalue weighted by Crippen LogP contribution is 2.20. The first kappa shape index (κ1) is 14.9. The van der Waals surface area contributed by atoms with Crippen molar-refractivity contribution < 1.29 is 0 Å². The van der Waals surface area contributed by atoms with Crippen LogP contribution in [0, 0.1) is 18.3 Å². The fourth-order valence-corrected chi connectivity index (χ4v) is 1.47. The Hall–Kier alpha value is -2.12. The lowest BCUT2D eigenvalue weighted by molar-refractivity contribution is 1.09. The van der Waals surface area contributed by atoms with Gasteiger partial charge in [0, 0.05) is 5.69 Å². The van der Waals surface area contributed by atoms with Crippen molar-refractivity contribution in [1.29, 1.82) is 5.26 Å². The minimum absolute atomic E-state index is 0.178. The van der Waals surface area contributed by atoms with Crippen molar-refractivity contribution in [3.63, 3.8) is 0 Å². The Morgan fingerprint density at radius 2 is 1.79 bits per heavy atom. The van der Waals surface area contributed by atoms with Gasteiger partial charge in [-0.1, -0.05) is 43.6 Å². The van der Waals surface area contributed by atoms with Crippen molar-refractivity contribution in [1.82, 2.24) is 9.97 Å². The molecule has 5 heteroatoms. The molecule has 0 saturated carbocycles. The average Bonchev–Trinajstić information content (AvgIpc) is 2.46. The zero-order valence-electron chi connectivity index (χ0n) is 11.1. The first-order chi connectivity index (χ1) is 9.20. The third-order valence-electron chi connectivity index (χ3n) is 2.15. The van der Waals surface area contributed by atoms with E-state index < -0.39 is 0 Å². The van der Waals surface area contributed by atoms with Crippen molar-refractivity contribution in [3.05, 3.63) is 46.7 Å². The summed E-state index contributed by atoms with van der Waals surface area (Å²) in [4.78, 5) is 8.20. The third kappa shape index (κ3) is 3.94. The number of aryl methyl sites for hydroxylation is 1. The number of nitriles is 1. The summed E-state index contributed by atoms with van der Waals surface area (Å²) in [5, 5.41) is 12.2. The smallest absolute Gasteiger partial charge is 0.228 e. The molecule has 0 bridgehead atoms. The molecule has 4 nitrogen and oxygen atoms in total. The predicted molar refractivity (Wildman–Crippen MR) is 77.6 cm³/mol. The molecule has 0 saturated heterocycles. The van der Waals surface area contributed by atoms with Gasteiger partial charge in [-0.05, 0) is 19.1 Å². The van der Waals surface area contributed by atoms with Crippen LogP contribution in [0.3, 0.4) is 0 Å². The molecule has 1 aromatic heterocycles. The first-order valence-electron chi connectivity index (χ1n) is 5.97. The molecule has 0 aliphatic carbocycles. The van der Waals surface area contributed by atoms with Gasteiger partial charge < -0.3 is 5.32 Å². The number of para-hydroxylation sites is 1. The highest BCUT2D eigenvalue weighted by Gasteiger charge is 2.09. The second-order valence-corrected chi connectivity index (χ2v) is 3.78. The molecule has 1 aromatic carbocycles. The van der Waals surface area contributed by atoms with E-state index in [1.165, 1.54) is 0 Å². The standard InChI is InChI=1S/C12H9ClN4.C2H6/c1-8-11(13)10(7-14)17-12(15-8)16-9-5-3-2-4-6-9;1-2/h2-6H,1H3,(H,15,16,17);1-2H3. The molecule has 98 valence electrons. The number of aromatic nitrogens is 2. The lowest BCUT2D eigenvalue weighted by atomic mass is 10.3. The van der Waals surface area contributed by atoms with E-state index in [4.69, 9.17) is 16.9 Å². The van der Waals surface area contributed by atoms with Gasteiger partial charge in [-0.25, -0.2) is 9.97 Å². The van der Waals surface area contributed by atoms with Crippen molar-refractivity contribution in [2.24, 2.45) is 0 Å². The van der Waals surface area contributed by atoms with Gasteiger partial charge in [0.15, 0.2) is 5.69 Å². The van der Waals surface area contributed by atoms with E-state index in [9.17, 15) is 0 Å². The number of halogens is 1. The lowest BCUT2D eigenvalue weighted by Gasteiger charge is -2.06. The summed E-state index contributed by atoms with van der Waals surface area (Å²) >= 11 is 5.89. The Labute approximate surface area is 118 Å². The number of nitrogens with zero attached hydrogens (tertiary/aromatic N) is 3. The summed E-state index contributed by atoms with van der Waals surface area (Å²) in [5.41, 5.74) is 1.62. The normalized spacial score (nSPS) is 9.00. The highest BCUT2D eigenvalue weighted by molar-refractivity contribution is 6.32. The van der Waals surface area contributed by atoms with E-state index in [1.54, 1.807) is 6.92 Å². The van der Waals surface area contributed by atoms with Gasteiger partial charge in [0.1, 0.15) is 6.07 Å². The summed E-state index contributed by atoms with van der Waals surface area (Å²) in [6.07, 6.45) is 0. The van der Waals surface area contributed by atoms with Crippen LogP contribution in [0.15, 0.2) is 30.3 Å². The van der Waals surface area contributed by atoms with Crippen LogP contribution < -0.4 is 5.32 Å². The Kier molecular flexibility index (Phi) is 5.77. The van der Waals surface area contributed by atoms with Crippen molar-refractivity contribution in [2.75, 3.05) is 5.32 Å². The van der Waals surface area contributed by atoms with E-state index >= 15 is 0 Å². The van der Waals surface area contributed by atoms with E-state index in [-0.39, 0.29) is 5.69 Å². The molecular weight excluding hydrogens is 260 g/mol. The number of hydrogen-bond donors (Lipinski definition) is 1. The van der Waals surface area contributed by atoms with Gasteiger partial charge in [-0.3, -0.25) is 0 Å². The molecule has 1 N–H and O–H groups in total. The van der Waals surface area contributed by atoms with Crippen LogP contribution in [-0.2, 0) is 0 Å². The second-order valence-electron chi connectivity index (χ2n) is 3.40. The molecular formula is C14H15ClN4. The number of benzene rings is 1. The van der Waals surface area contributed by atoms with Crippen LogP contribution in [0.4, 0.5) is 11.6 Å². The Bertz CT molecular complexity index is 576. The van der Waals surface area contributed by atoms with Gasteiger partial charge in [0.25, 0.3) is 0 Å². The number of rotatable bonds is 2. The van der Waals surface area contributed by atoms with Gasteiger partial charge >= 0.3 is 0 Å². The van der Waals surface area contributed by atoms with E-state index in [0.29, 0.717) is 16.7 Å². The summed E-state index contributed by atoms with van der Waals surface area (Å²) in [6, 6.07) is 11.4. The molecule has 0 radical (unpaired) electrons. The first-order valence-corrected chi connectivity index (χ1v) is 6.35. The molecule has 0 aliphatic rings. The predicted octanol–water partition coefficient (Wildman–Crippen LogP) is 4.08. The SMILES string of the molecule is CC.Cc1nc(Nc2ccccc2)nc(C#N)c1Cl. The molecule has 19 heavy (non-hydrogen) atoms. The quantitative estimate of drug-likeness (QED) is 0.896. The van der Waals surface area contributed by atoms with Crippen molar-refractivity contribution in [3.8, 4) is 6.07 Å². The van der Waals surface area contributed by atoms with Crippen molar-refractivity contribution in [2.45, 2.75) is 20.8 Å². The van der Waals surface area contributed by atoms with Crippen molar-refractivity contribution >= 4 is 23.2 Å². The van der Waals surface area contributed by atoms with E-state index in [1.807, 2.05) is 50.2 Å². The number of nitrogens with one attached hydrogen (secondary N) is 1. The maximum absolute atomic E-state index is 8.88. The lowest BCUT2D eigenvalue weighted by Crippen LogP contribution is -2.01. The van der Waals surface area contributed by atoms with Crippen LogP contribution in [0.1, 0.15) is 25.2 Å². The minimum Gasteiger partial charge on any atom is -0.324 e. The van der Waals surface area contributed by atoms with Gasteiger partial charge in [-0.2, -0.15) is 5.26 Å². The maximum atomic E-state index is 8.88. The van der Waals surface area contributed by atoms with Crippen LogP contribution in [0.5, 0.6) is 0 Å². The minimum atomic E-state index is 0.178. The summed E-state index contributed by atoms with van der Waals surface area (Å²) in [5.74, 6) is 0.370. The number of anilines is 2. The van der Waals surface area contributed by atoms with Crippen LogP contribution in [0.2, 0.25) is 5.02 Å². The molecule has 0 aliphatic heterocycles. The zero-order valence-corrected chi connectivity index (χ0v) is 11.9. The van der Waals surface area contributed by atoms with Crippen LogP contribution in [0.25, 0.3) is 0 Å². The molecule has 2 rings (SSSR count). The molecule has 0 unspecified atom stereocenters. The topological polar surface area (TPSA) is 61.6 Å². The van der Waals surface area contributed by atoms with Gasteiger partial charge in [0.2, 0.25) is 5.95 Å². The van der Waals surface area contributed by atoms with Crippen LogP contribution >= 0.6 is 11.6 Å². The zero-order chi connectivity index (χ0) is 14.3. The summed E-state index contributed by atoms with van der Waals surface area (Å²) in [7, 11) is 0. The monoisotopic (exact) mass is 274 g/mol. The average molecular weight is 275 g/mol. The molecule has 0 fully saturated rings. The maximum Gasteiger partial charge on any atom is 0.228 e. The Morgan fingerprint density at radius 1 is 1.16 bits per heavy atom. The summed E-state index contributed by atoms with van der Waals surface area (Å²) in [6.45, 7) is 5.74. The molecule has 0 spiro atoms. The third-order valence-corrected chi connectivity index (χ3v) is 2.61. The molecule has 0 atom stereocenters. The van der Waals surface area contributed by atoms with Gasteiger partial charge in [0.05, 0.1) is 10.7 Å². The van der Waals surface area contributed by atoms with Gasteiger partial charge in [-0.15, -0.1) is 0 Å². The fraction of sp³-hybridized carbons (Fsp3) is 0.214. The summed E-state index contributed by atoms with van der Waals surface area (Å²) < 4.78 is 0. The molecule has 2 aromatic rings. The Balaban J connectivity index is 0.000000861. The number of hydrogen-bond acceptors (Lipinski definition) is 4.